The number of piperidine rings is 2. The number of amides is 1. The first-order valence-electron chi connectivity index (χ1n) is 8.67. The van der Waals surface area contributed by atoms with Crippen LogP contribution in [0.1, 0.15) is 31.2 Å². The molecule has 0 aliphatic carbocycles. The Morgan fingerprint density at radius 3 is 2.46 bits per heavy atom. The van der Waals surface area contributed by atoms with Gasteiger partial charge in [-0.1, -0.05) is 17.7 Å². The molecular formula is C18H24ClFN2O2. The molecule has 0 atom stereocenters. The Morgan fingerprint density at radius 2 is 1.83 bits per heavy atom. The molecule has 0 unspecified atom stereocenters. The summed E-state index contributed by atoms with van der Waals surface area (Å²) in [6.45, 7) is 3.43. The molecule has 132 valence electrons. The monoisotopic (exact) mass is 354 g/mol. The second-order valence-corrected chi connectivity index (χ2v) is 7.21. The molecule has 0 spiro atoms. The van der Waals surface area contributed by atoms with Crippen molar-refractivity contribution in [3.8, 4) is 0 Å². The predicted molar refractivity (Wildman–Crippen MR) is 91.5 cm³/mol. The Labute approximate surface area is 147 Å². The first-order valence-corrected chi connectivity index (χ1v) is 9.04. The number of rotatable bonds is 3. The summed E-state index contributed by atoms with van der Waals surface area (Å²) in [5, 5.41) is 9.67. The number of halogens is 2. The highest BCUT2D eigenvalue weighted by Gasteiger charge is 2.29. The van der Waals surface area contributed by atoms with Crippen LogP contribution < -0.4 is 0 Å². The van der Waals surface area contributed by atoms with E-state index in [-0.39, 0.29) is 23.5 Å². The maximum atomic E-state index is 13.2. The fraction of sp³-hybridized carbons (Fsp3) is 0.611. The van der Waals surface area contributed by atoms with Gasteiger partial charge in [-0.15, -0.1) is 0 Å². The van der Waals surface area contributed by atoms with Gasteiger partial charge >= 0.3 is 0 Å². The Balaban J connectivity index is 1.49. The standard InChI is InChI=1S/C18H24ClFN2O2/c19-16-11-13(1-2-17(16)20)12-18(24)22-7-3-14(4-8-22)21-9-5-15(23)6-10-21/h1-2,11,14-15,23H,3-10,12H2. The molecule has 2 saturated heterocycles. The zero-order valence-corrected chi connectivity index (χ0v) is 14.5. The number of aliphatic hydroxyl groups is 1. The third-order valence-corrected chi connectivity index (χ3v) is 5.46. The SMILES string of the molecule is O=C(Cc1ccc(F)c(Cl)c1)N1CCC(N2CCC(O)CC2)CC1. The molecule has 4 nitrogen and oxygen atoms in total. The zero-order valence-electron chi connectivity index (χ0n) is 13.8. The van der Waals surface area contributed by atoms with Crippen LogP contribution in [0.25, 0.3) is 0 Å². The van der Waals surface area contributed by atoms with E-state index in [1.54, 1.807) is 6.07 Å². The summed E-state index contributed by atoms with van der Waals surface area (Å²) in [4.78, 5) is 16.8. The molecule has 0 radical (unpaired) electrons. The molecule has 3 rings (SSSR count). The summed E-state index contributed by atoms with van der Waals surface area (Å²) < 4.78 is 13.2. The average Bonchev–Trinajstić information content (AvgIpc) is 2.59. The van der Waals surface area contributed by atoms with Gasteiger partial charge in [0.2, 0.25) is 5.91 Å². The molecule has 24 heavy (non-hydrogen) atoms. The number of hydrogen-bond acceptors (Lipinski definition) is 3. The van der Waals surface area contributed by atoms with Gasteiger partial charge in [-0.25, -0.2) is 4.39 Å². The number of benzene rings is 1. The molecule has 6 heteroatoms. The third-order valence-electron chi connectivity index (χ3n) is 5.17. The van der Waals surface area contributed by atoms with E-state index in [1.807, 2.05) is 4.90 Å². The summed E-state index contributed by atoms with van der Waals surface area (Å²) in [5.41, 5.74) is 0.749. The van der Waals surface area contributed by atoms with Crippen LogP contribution in [0.2, 0.25) is 5.02 Å². The molecule has 2 aliphatic heterocycles. The largest absolute Gasteiger partial charge is 0.393 e. The van der Waals surface area contributed by atoms with Crippen LogP contribution in [0.15, 0.2) is 18.2 Å². The van der Waals surface area contributed by atoms with Crippen molar-refractivity contribution in [1.82, 2.24) is 9.80 Å². The van der Waals surface area contributed by atoms with Crippen LogP contribution in [0.5, 0.6) is 0 Å². The lowest BCUT2D eigenvalue weighted by molar-refractivity contribution is -0.132. The molecule has 1 amide bonds. The first-order chi connectivity index (χ1) is 11.5. The fourth-order valence-corrected chi connectivity index (χ4v) is 3.87. The summed E-state index contributed by atoms with van der Waals surface area (Å²) in [6, 6.07) is 4.97. The number of nitrogens with zero attached hydrogens (tertiary/aromatic N) is 2. The second-order valence-electron chi connectivity index (χ2n) is 6.80. The highest BCUT2D eigenvalue weighted by molar-refractivity contribution is 6.30. The van der Waals surface area contributed by atoms with Crippen LogP contribution >= 0.6 is 11.6 Å². The highest BCUT2D eigenvalue weighted by atomic mass is 35.5. The van der Waals surface area contributed by atoms with E-state index in [0.29, 0.717) is 6.04 Å². The summed E-state index contributed by atoms with van der Waals surface area (Å²) in [6.07, 6.45) is 3.78. The van der Waals surface area contributed by atoms with Crippen LogP contribution in [-0.4, -0.2) is 59.1 Å². The minimum Gasteiger partial charge on any atom is -0.393 e. The molecule has 1 N–H and O–H groups in total. The van der Waals surface area contributed by atoms with Gasteiger partial charge in [0.1, 0.15) is 5.82 Å². The van der Waals surface area contributed by atoms with E-state index in [0.717, 1.165) is 57.4 Å². The normalized spacial score (nSPS) is 21.2. The topological polar surface area (TPSA) is 43.8 Å². The molecule has 2 heterocycles. The lowest BCUT2D eigenvalue weighted by Gasteiger charge is -2.41. The minimum atomic E-state index is -0.458. The van der Waals surface area contributed by atoms with Gasteiger partial charge in [-0.2, -0.15) is 0 Å². The van der Waals surface area contributed by atoms with Crippen molar-refractivity contribution in [3.63, 3.8) is 0 Å². The van der Waals surface area contributed by atoms with E-state index in [2.05, 4.69) is 4.90 Å². The zero-order chi connectivity index (χ0) is 17.1. The second kappa shape index (κ2) is 7.81. The van der Waals surface area contributed by atoms with Crippen molar-refractivity contribution in [2.24, 2.45) is 0 Å². The van der Waals surface area contributed by atoms with Gasteiger partial charge in [0, 0.05) is 32.2 Å². The average molecular weight is 355 g/mol. The predicted octanol–water partition coefficient (Wildman–Crippen LogP) is 2.47. The van der Waals surface area contributed by atoms with Crippen LogP contribution in [0.4, 0.5) is 4.39 Å². The molecule has 1 aromatic rings. The van der Waals surface area contributed by atoms with Crippen molar-refractivity contribution in [3.05, 3.63) is 34.6 Å². The van der Waals surface area contributed by atoms with Crippen molar-refractivity contribution >= 4 is 17.5 Å². The minimum absolute atomic E-state index is 0.0614. The van der Waals surface area contributed by atoms with Gasteiger partial charge in [-0.3, -0.25) is 4.79 Å². The number of hydrogen-bond donors (Lipinski definition) is 1. The van der Waals surface area contributed by atoms with Crippen LogP contribution in [-0.2, 0) is 11.2 Å². The van der Waals surface area contributed by atoms with Crippen LogP contribution in [0, 0.1) is 5.82 Å². The van der Waals surface area contributed by atoms with Crippen molar-refractivity contribution in [2.45, 2.75) is 44.2 Å². The van der Waals surface area contributed by atoms with Gasteiger partial charge in [0.15, 0.2) is 0 Å². The van der Waals surface area contributed by atoms with Crippen molar-refractivity contribution in [2.75, 3.05) is 26.2 Å². The summed E-state index contributed by atoms with van der Waals surface area (Å²) >= 11 is 5.78. The third kappa shape index (κ3) is 4.26. The van der Waals surface area contributed by atoms with E-state index in [4.69, 9.17) is 11.6 Å². The van der Waals surface area contributed by atoms with Gasteiger partial charge in [-0.05, 0) is 43.4 Å². The fourth-order valence-electron chi connectivity index (χ4n) is 3.67. The Hall–Kier alpha value is -1.17. The number of carbonyl (C=O) groups excluding carboxylic acids is 1. The Kier molecular flexibility index (Phi) is 5.74. The maximum Gasteiger partial charge on any atom is 0.226 e. The Morgan fingerprint density at radius 1 is 1.17 bits per heavy atom. The quantitative estimate of drug-likeness (QED) is 0.906. The summed E-state index contributed by atoms with van der Waals surface area (Å²) in [7, 11) is 0. The van der Waals surface area contributed by atoms with E-state index in [1.165, 1.54) is 12.1 Å². The van der Waals surface area contributed by atoms with Gasteiger partial charge < -0.3 is 14.9 Å². The first kappa shape index (κ1) is 17.6. The van der Waals surface area contributed by atoms with Crippen LogP contribution in [0.3, 0.4) is 0 Å². The number of likely N-dealkylation sites (tertiary alicyclic amines) is 2. The smallest absolute Gasteiger partial charge is 0.226 e. The van der Waals surface area contributed by atoms with Gasteiger partial charge in [0.25, 0.3) is 0 Å². The maximum absolute atomic E-state index is 13.2. The van der Waals surface area contributed by atoms with Gasteiger partial charge in [0.05, 0.1) is 17.5 Å². The molecule has 0 bridgehead atoms. The summed E-state index contributed by atoms with van der Waals surface area (Å²) in [5.74, 6) is -0.384. The Bertz CT molecular complexity index is 582. The molecule has 2 aliphatic rings. The lowest BCUT2D eigenvalue weighted by atomic mass is 9.98. The highest BCUT2D eigenvalue weighted by Crippen LogP contribution is 2.22. The molecule has 0 saturated carbocycles. The molecule has 0 aromatic heterocycles. The molecule has 2 fully saturated rings. The van der Waals surface area contributed by atoms with E-state index < -0.39 is 5.82 Å². The molecule has 1 aromatic carbocycles. The van der Waals surface area contributed by atoms with E-state index >= 15 is 0 Å². The van der Waals surface area contributed by atoms with Crippen molar-refractivity contribution < 1.29 is 14.3 Å². The lowest BCUT2D eigenvalue weighted by Crippen LogP contribution is -2.49. The number of aliphatic hydroxyl groups excluding tert-OH is 1. The molecular weight excluding hydrogens is 331 g/mol. The van der Waals surface area contributed by atoms with E-state index in [9.17, 15) is 14.3 Å². The van der Waals surface area contributed by atoms with Crippen molar-refractivity contribution in [1.29, 1.82) is 0 Å². The number of carbonyl (C=O) groups is 1.